The van der Waals surface area contributed by atoms with E-state index < -0.39 is 0 Å². The fourth-order valence-corrected chi connectivity index (χ4v) is 2.19. The minimum atomic E-state index is 0.106. The van der Waals surface area contributed by atoms with Crippen molar-refractivity contribution in [2.24, 2.45) is 0 Å². The molecule has 88 valence electrons. The highest BCUT2D eigenvalue weighted by molar-refractivity contribution is 5.38. The maximum atomic E-state index is 5.35. The van der Waals surface area contributed by atoms with Crippen LogP contribution in [0.15, 0.2) is 77.4 Å². The Morgan fingerprint density at radius 1 is 0.722 bits per heavy atom. The van der Waals surface area contributed by atoms with Gasteiger partial charge in [-0.05, 0) is 11.1 Å². The van der Waals surface area contributed by atoms with Gasteiger partial charge in [0, 0.05) is 6.07 Å². The molecule has 0 N–H and O–H groups in total. The molecule has 18 heavy (non-hydrogen) atoms. The summed E-state index contributed by atoms with van der Waals surface area (Å²) in [7, 11) is 0. The molecule has 0 spiro atoms. The Labute approximate surface area is 106 Å². The van der Waals surface area contributed by atoms with Crippen molar-refractivity contribution in [1.82, 2.24) is 5.16 Å². The Bertz CT molecular complexity index is 548. The zero-order valence-electron chi connectivity index (χ0n) is 9.86. The van der Waals surface area contributed by atoms with Crippen LogP contribution in [0.3, 0.4) is 0 Å². The smallest absolute Gasteiger partial charge is 0.148 e. The molecule has 0 amide bonds. The van der Waals surface area contributed by atoms with Crippen LogP contribution in [0.25, 0.3) is 0 Å². The van der Waals surface area contributed by atoms with Crippen LogP contribution in [-0.4, -0.2) is 5.16 Å². The molecule has 1 aromatic heterocycles. The molecule has 2 heteroatoms. The minimum Gasteiger partial charge on any atom is -0.360 e. The first kappa shape index (κ1) is 10.8. The second-order valence-electron chi connectivity index (χ2n) is 4.17. The predicted molar refractivity (Wildman–Crippen MR) is 70.3 cm³/mol. The molecule has 0 aliphatic rings. The maximum absolute atomic E-state index is 5.35. The van der Waals surface area contributed by atoms with E-state index >= 15 is 0 Å². The van der Waals surface area contributed by atoms with Crippen molar-refractivity contribution in [2.45, 2.75) is 5.92 Å². The monoisotopic (exact) mass is 235 g/mol. The van der Waals surface area contributed by atoms with Crippen LogP contribution in [-0.2, 0) is 0 Å². The molecule has 0 radical (unpaired) electrons. The molecule has 0 aliphatic carbocycles. The Morgan fingerprint density at radius 3 is 1.72 bits per heavy atom. The average Bonchev–Trinajstić information content (AvgIpc) is 2.95. The van der Waals surface area contributed by atoms with E-state index in [0.717, 1.165) is 5.76 Å². The lowest BCUT2D eigenvalue weighted by Crippen LogP contribution is -2.01. The van der Waals surface area contributed by atoms with Gasteiger partial charge in [-0.1, -0.05) is 65.8 Å². The van der Waals surface area contributed by atoms with Crippen molar-refractivity contribution in [3.63, 3.8) is 0 Å². The first-order valence-corrected chi connectivity index (χ1v) is 5.95. The second-order valence-corrected chi connectivity index (χ2v) is 4.17. The van der Waals surface area contributed by atoms with Gasteiger partial charge in [-0.15, -0.1) is 0 Å². The van der Waals surface area contributed by atoms with Crippen LogP contribution in [0, 0.1) is 0 Å². The lowest BCUT2D eigenvalue weighted by molar-refractivity contribution is 0.380. The standard InChI is InChI=1S/C16H13NO/c1-3-7-13(8-4-1)16(15-11-12-17-18-15)14-9-5-2-6-10-14/h1-12,16H. The fourth-order valence-electron chi connectivity index (χ4n) is 2.19. The van der Waals surface area contributed by atoms with Crippen LogP contribution >= 0.6 is 0 Å². The van der Waals surface area contributed by atoms with E-state index in [-0.39, 0.29) is 5.92 Å². The SMILES string of the molecule is c1ccc(C(c2ccccc2)c2ccno2)cc1. The van der Waals surface area contributed by atoms with E-state index in [0.29, 0.717) is 0 Å². The van der Waals surface area contributed by atoms with Crippen LogP contribution in [0.2, 0.25) is 0 Å². The summed E-state index contributed by atoms with van der Waals surface area (Å²) in [5.74, 6) is 0.974. The molecule has 3 rings (SSSR count). The molecule has 0 bridgehead atoms. The lowest BCUT2D eigenvalue weighted by Gasteiger charge is -2.14. The van der Waals surface area contributed by atoms with Crippen molar-refractivity contribution < 1.29 is 4.52 Å². The molecule has 2 aromatic carbocycles. The van der Waals surface area contributed by atoms with Crippen LogP contribution < -0.4 is 0 Å². The van der Waals surface area contributed by atoms with Gasteiger partial charge in [0.15, 0.2) is 0 Å². The Balaban J connectivity index is 2.11. The normalized spacial score (nSPS) is 10.7. The van der Waals surface area contributed by atoms with Crippen LogP contribution in [0.4, 0.5) is 0 Å². The fraction of sp³-hybridized carbons (Fsp3) is 0.0625. The van der Waals surface area contributed by atoms with E-state index in [1.165, 1.54) is 11.1 Å². The van der Waals surface area contributed by atoms with E-state index in [9.17, 15) is 0 Å². The molecular formula is C16H13NO. The highest BCUT2D eigenvalue weighted by Gasteiger charge is 2.19. The number of hydrogen-bond acceptors (Lipinski definition) is 2. The molecule has 0 unspecified atom stereocenters. The molecule has 0 saturated carbocycles. The van der Waals surface area contributed by atoms with E-state index in [1.54, 1.807) is 6.20 Å². The number of hydrogen-bond donors (Lipinski definition) is 0. The number of nitrogens with zero attached hydrogens (tertiary/aromatic N) is 1. The molecular weight excluding hydrogens is 222 g/mol. The summed E-state index contributed by atoms with van der Waals surface area (Å²) < 4.78 is 5.35. The van der Waals surface area contributed by atoms with E-state index in [1.807, 2.05) is 42.5 Å². The largest absolute Gasteiger partial charge is 0.360 e. The topological polar surface area (TPSA) is 26.0 Å². The summed E-state index contributed by atoms with van der Waals surface area (Å²) >= 11 is 0. The molecule has 0 aliphatic heterocycles. The summed E-state index contributed by atoms with van der Waals surface area (Å²) in [6.07, 6.45) is 1.69. The van der Waals surface area contributed by atoms with Gasteiger partial charge in [0.05, 0.1) is 12.1 Å². The van der Waals surface area contributed by atoms with Gasteiger partial charge in [-0.2, -0.15) is 0 Å². The first-order valence-electron chi connectivity index (χ1n) is 5.95. The maximum Gasteiger partial charge on any atom is 0.148 e. The molecule has 0 saturated heterocycles. The van der Waals surface area contributed by atoms with Crippen molar-refractivity contribution in [3.8, 4) is 0 Å². The third-order valence-electron chi connectivity index (χ3n) is 3.01. The number of aromatic nitrogens is 1. The van der Waals surface area contributed by atoms with Gasteiger partial charge >= 0.3 is 0 Å². The van der Waals surface area contributed by atoms with Gasteiger partial charge in [-0.25, -0.2) is 0 Å². The molecule has 1 heterocycles. The van der Waals surface area contributed by atoms with Crippen molar-refractivity contribution in [2.75, 3.05) is 0 Å². The van der Waals surface area contributed by atoms with E-state index in [4.69, 9.17) is 4.52 Å². The van der Waals surface area contributed by atoms with Gasteiger partial charge in [0.1, 0.15) is 5.76 Å². The van der Waals surface area contributed by atoms with Gasteiger partial charge in [0.2, 0.25) is 0 Å². The zero-order chi connectivity index (χ0) is 12.2. The van der Waals surface area contributed by atoms with Crippen molar-refractivity contribution >= 4 is 0 Å². The highest BCUT2D eigenvalue weighted by Crippen LogP contribution is 2.31. The Kier molecular flexibility index (Phi) is 2.92. The third kappa shape index (κ3) is 2.05. The molecule has 2 nitrogen and oxygen atoms in total. The average molecular weight is 235 g/mol. The predicted octanol–water partition coefficient (Wildman–Crippen LogP) is 3.85. The van der Waals surface area contributed by atoms with Gasteiger partial charge in [0.25, 0.3) is 0 Å². The summed E-state index contributed by atoms with van der Waals surface area (Å²) in [5.41, 5.74) is 2.42. The van der Waals surface area contributed by atoms with Gasteiger partial charge in [-0.3, -0.25) is 0 Å². The lowest BCUT2D eigenvalue weighted by atomic mass is 9.89. The minimum absolute atomic E-state index is 0.106. The number of rotatable bonds is 3. The molecule has 3 aromatic rings. The summed E-state index contributed by atoms with van der Waals surface area (Å²) in [6, 6.07) is 22.6. The van der Waals surface area contributed by atoms with E-state index in [2.05, 4.69) is 29.4 Å². The third-order valence-corrected chi connectivity index (χ3v) is 3.01. The first-order chi connectivity index (χ1) is 8.95. The summed E-state index contributed by atoms with van der Waals surface area (Å²) in [4.78, 5) is 0. The quantitative estimate of drug-likeness (QED) is 0.689. The number of benzene rings is 2. The Morgan fingerprint density at radius 2 is 1.28 bits per heavy atom. The second kappa shape index (κ2) is 4.88. The van der Waals surface area contributed by atoms with Crippen molar-refractivity contribution in [3.05, 3.63) is 89.8 Å². The van der Waals surface area contributed by atoms with Gasteiger partial charge < -0.3 is 4.52 Å². The van der Waals surface area contributed by atoms with Crippen LogP contribution in [0.5, 0.6) is 0 Å². The molecule has 0 fully saturated rings. The molecule has 0 atom stereocenters. The summed E-state index contributed by atoms with van der Waals surface area (Å²) in [5, 5.41) is 3.82. The van der Waals surface area contributed by atoms with Crippen molar-refractivity contribution in [1.29, 1.82) is 0 Å². The highest BCUT2D eigenvalue weighted by atomic mass is 16.5. The zero-order valence-corrected chi connectivity index (χ0v) is 9.86. The van der Waals surface area contributed by atoms with Crippen LogP contribution in [0.1, 0.15) is 22.8 Å². The summed E-state index contributed by atoms with van der Waals surface area (Å²) in [6.45, 7) is 0. The Hall–Kier alpha value is -2.35.